The molecule has 18 nitrogen and oxygen atoms in total. The van der Waals surface area contributed by atoms with Crippen LogP contribution >= 0.6 is 0 Å². The summed E-state index contributed by atoms with van der Waals surface area (Å²) in [4.78, 5) is 38.1. The van der Waals surface area contributed by atoms with Crippen LogP contribution in [-0.4, -0.2) is 71.7 Å². The second-order valence-electron chi connectivity index (χ2n) is 33.3. The molecule has 0 aliphatic carbocycles. The van der Waals surface area contributed by atoms with Crippen LogP contribution in [0.2, 0.25) is 0 Å². The van der Waals surface area contributed by atoms with Gasteiger partial charge in [0.15, 0.2) is 0 Å². The molecule has 21 rings (SSSR count). The van der Waals surface area contributed by atoms with Crippen molar-refractivity contribution in [3.8, 4) is 51.6 Å². The first-order chi connectivity index (χ1) is 62.5. The molecule has 6 aliphatic heterocycles. The molecule has 0 N–H and O–H groups in total. The Balaban J connectivity index is 0.000000137. The molecule has 0 saturated carbocycles. The largest absolute Gasteiger partial charge is 4.00 e. The van der Waals surface area contributed by atoms with E-state index >= 15 is 0 Å². The van der Waals surface area contributed by atoms with Crippen LogP contribution in [0, 0.1) is 155 Å². The Morgan fingerprint density at radius 2 is 0.489 bits per heavy atom. The molecule has 0 spiro atoms. The first-order valence-electron chi connectivity index (χ1n) is 42.3. The van der Waals surface area contributed by atoms with E-state index in [-0.39, 0.29) is 63.2 Å². The number of nitrogens with zero attached hydrogens (tertiary/aromatic N) is 18. The maximum absolute atomic E-state index is 12.6. The van der Waals surface area contributed by atoms with Crippen molar-refractivity contribution in [1.29, 1.82) is 15.8 Å². The molecular formula is C109H95F3N18Pt3. The zero-order valence-corrected chi connectivity index (χ0v) is 82.8. The van der Waals surface area contributed by atoms with Gasteiger partial charge in [-0.25, -0.2) is 0 Å². The van der Waals surface area contributed by atoms with Gasteiger partial charge in [-0.1, -0.05) is 132 Å². The molecule has 672 valence electrons. The van der Waals surface area contributed by atoms with E-state index in [2.05, 4.69) is 293 Å². The summed E-state index contributed by atoms with van der Waals surface area (Å²) >= 11 is 0. The number of hydrogen-bond donors (Lipinski definition) is 0. The molecule has 0 unspecified atom stereocenters. The first-order valence-corrected chi connectivity index (χ1v) is 42.3. The van der Waals surface area contributed by atoms with Crippen LogP contribution in [0.3, 0.4) is 0 Å². The maximum atomic E-state index is 12.6. The third-order valence-corrected chi connectivity index (χ3v) is 22.8. The molecule has 0 radical (unpaired) electrons. The number of hydrogen-bond acceptors (Lipinski definition) is 15. The van der Waals surface area contributed by atoms with Gasteiger partial charge >= 0.3 is 69.4 Å². The smallest absolute Gasteiger partial charge is 0.657 e. The molecular weight excluding hydrogens is 2200 g/mol. The number of fused-ring (bicyclic) bond motifs is 9. The van der Waals surface area contributed by atoms with Crippen LogP contribution in [0.4, 0.5) is 47.3 Å². The van der Waals surface area contributed by atoms with E-state index in [1.807, 2.05) is 176 Å². The molecule has 6 aliphatic rings. The average molecular weight is 2300 g/mol. The molecule has 0 fully saturated rings. The van der Waals surface area contributed by atoms with Crippen LogP contribution in [0.1, 0.15) is 72.3 Å². The van der Waals surface area contributed by atoms with E-state index in [0.717, 1.165) is 101 Å². The number of aryl methyl sites for hydroxylation is 9. The quantitative estimate of drug-likeness (QED) is 0.126. The topological polar surface area (TPSA) is 153 Å². The third-order valence-electron chi connectivity index (χ3n) is 22.8. The summed E-state index contributed by atoms with van der Waals surface area (Å²) in [5.74, 6) is 0. The molecule has 24 heteroatoms. The number of rotatable bonds is 9. The van der Waals surface area contributed by atoms with Gasteiger partial charge in [-0.2, -0.15) is 69.0 Å². The number of para-hydroxylation sites is 2. The Kier molecular flexibility index (Phi) is 30.2. The Bertz CT molecular complexity index is 6560. The van der Waals surface area contributed by atoms with Gasteiger partial charge < -0.3 is 73.8 Å². The van der Waals surface area contributed by atoms with Crippen molar-refractivity contribution in [1.82, 2.24) is 44.4 Å². The van der Waals surface area contributed by atoms with Gasteiger partial charge in [-0.15, -0.1) is 139 Å². The van der Waals surface area contributed by atoms with E-state index < -0.39 is 11.7 Å². The predicted octanol–water partition coefficient (Wildman–Crippen LogP) is 23.8. The Morgan fingerprint density at radius 1 is 0.271 bits per heavy atom. The molecule has 0 saturated heterocycles. The fourth-order valence-corrected chi connectivity index (χ4v) is 17.1. The van der Waals surface area contributed by atoms with Gasteiger partial charge in [0.1, 0.15) is 0 Å². The summed E-state index contributed by atoms with van der Waals surface area (Å²) in [6.07, 6.45) is 20.3. The number of halogens is 3. The minimum absolute atomic E-state index is 0. The minimum Gasteiger partial charge on any atom is -0.657 e. The predicted molar refractivity (Wildman–Crippen MR) is 520 cm³/mol. The summed E-state index contributed by atoms with van der Waals surface area (Å²) in [5.41, 5.74) is 31.6. The zero-order chi connectivity index (χ0) is 91.5. The Morgan fingerprint density at radius 3 is 0.714 bits per heavy atom. The monoisotopic (exact) mass is 2300 g/mol. The fourth-order valence-electron chi connectivity index (χ4n) is 17.1. The molecule has 133 heavy (non-hydrogen) atoms. The van der Waals surface area contributed by atoms with Crippen molar-refractivity contribution in [2.45, 2.75) is 68.5 Å². The zero-order valence-electron chi connectivity index (χ0n) is 76.0. The van der Waals surface area contributed by atoms with Crippen molar-refractivity contribution >= 4 is 99.5 Å². The van der Waals surface area contributed by atoms with E-state index in [4.69, 9.17) is 15.8 Å². The number of alkyl halides is 3. The maximum Gasteiger partial charge on any atom is 4.00 e. The molecule has 9 heterocycles. The number of aromatic nitrogens is 3. The molecule has 12 aromatic carbocycles. The average Bonchev–Trinajstić information content (AvgIpc) is 1.75. The van der Waals surface area contributed by atoms with E-state index in [9.17, 15) is 13.2 Å². The molecule has 0 amide bonds. The van der Waals surface area contributed by atoms with Crippen LogP contribution in [-0.2, 0) is 69.4 Å². The second kappa shape index (κ2) is 41.5. The van der Waals surface area contributed by atoms with E-state index in [1.54, 1.807) is 36.4 Å². The molecule has 0 atom stereocenters. The fraction of sp³-hybridized carbons (Fsp3) is 0.147. The van der Waals surface area contributed by atoms with Crippen molar-refractivity contribution < 1.29 is 76.4 Å². The second-order valence-corrected chi connectivity index (χ2v) is 33.3. The van der Waals surface area contributed by atoms with Gasteiger partial charge in [0.05, 0.1) is 40.5 Å². The summed E-state index contributed by atoms with van der Waals surface area (Å²) in [7, 11) is 12.2. The van der Waals surface area contributed by atoms with Crippen LogP contribution in [0.15, 0.2) is 269 Å². The Hall–Kier alpha value is -13.6. The van der Waals surface area contributed by atoms with Crippen molar-refractivity contribution in [2.24, 2.45) is 0 Å². The van der Waals surface area contributed by atoms with Gasteiger partial charge in [0, 0.05) is 0 Å². The van der Waals surface area contributed by atoms with Gasteiger partial charge in [0.25, 0.3) is 0 Å². The summed E-state index contributed by atoms with van der Waals surface area (Å²) in [6.45, 7) is 32.0. The van der Waals surface area contributed by atoms with Crippen molar-refractivity contribution in [3.63, 3.8) is 0 Å². The van der Waals surface area contributed by atoms with Gasteiger partial charge in [-0.05, 0) is 304 Å². The third kappa shape index (κ3) is 21.9. The summed E-state index contributed by atoms with van der Waals surface area (Å²) in [5, 5.41) is 31.9. The number of nitriles is 3. The van der Waals surface area contributed by atoms with E-state index in [0.29, 0.717) is 27.6 Å². The summed E-state index contributed by atoms with van der Waals surface area (Å²) in [6, 6.07) is 79.1. The molecule has 3 aromatic heterocycles. The first kappa shape index (κ1) is 96.9. The van der Waals surface area contributed by atoms with Crippen LogP contribution < -0.4 is 44.4 Å². The van der Waals surface area contributed by atoms with Crippen molar-refractivity contribution in [3.05, 3.63) is 399 Å². The van der Waals surface area contributed by atoms with Crippen LogP contribution in [0.5, 0.6) is 0 Å². The normalized spacial score (nSPS) is 13.9. The standard InChI is InChI=1S/3C23H25N4.C14H6N3.C13H7F3N.C13H7N2.3Pt/c3*1-17-10-18(2)23(19(3)11-17)20-12-21(26-8-6-24(4)15-26)14-22(13-20)27-9-7-25(5)16-27;15-7-9-1-3-13-11(5-9)12-6-10(8-16)2-4-14(12)17-13;14-13(15,16)8-5-6-12-10(7-8)9-3-1-2-4-11(9)17-12;14-8-9-5-6-13-11(7-9)10-3-1-2-4-12(10)15-13;;;/h3*6-13,15-16H,1-5H3;1-6H;1-7H;1-7H;;;/q3*-3;3*-1;3*+4. The van der Waals surface area contributed by atoms with Crippen molar-refractivity contribution in [2.75, 3.05) is 71.7 Å². The van der Waals surface area contributed by atoms with Gasteiger partial charge in [0.2, 0.25) is 0 Å². The van der Waals surface area contributed by atoms with Crippen LogP contribution in [0.25, 0.3) is 98.8 Å². The Labute approximate surface area is 820 Å². The molecule has 0 bridgehead atoms. The number of benzene rings is 12. The molecule has 15 aromatic rings. The number of anilines is 6. The van der Waals surface area contributed by atoms with E-state index in [1.165, 1.54) is 89.5 Å². The minimum atomic E-state index is -4.31. The summed E-state index contributed by atoms with van der Waals surface area (Å²) < 4.78 is 37.8. The SMILES string of the molecule is Cc1cc(C)c(-c2cc(N3C=CN(C)[CH-]3)[c-]c(N3C=CN(C)[CH-]3)c2)c(C)c1.Cc1cc(C)c(-c2cc(N3C=CN(C)[CH-]3)[c-]c(N3C=CN(C)[CH-]3)c2)c(C)c1.Cc1cc(C)c(-c2cc(N3C=CN(C)[CH-]3)[c-]c(N3C=CN(C)[CH-]3)c2)c(C)c1.FC(F)(F)c1ccc2[n-]c3ccccc3c2c1.N#Cc1ccc2[n-]c3ccc(C#N)cc3c2c1.N#Cc1ccc2[n-]c3ccccc3c2c1.[Pt+4].[Pt+4].[Pt+4]. The van der Waals surface area contributed by atoms with Gasteiger partial charge in [-0.3, -0.25) is 0 Å².